The lowest BCUT2D eigenvalue weighted by atomic mass is 9.96. The highest BCUT2D eigenvalue weighted by Crippen LogP contribution is 2.39. The molecule has 0 atom stereocenters. The molecule has 0 bridgehead atoms. The minimum Gasteiger partial charge on any atom is -0.494 e. The molecule has 0 unspecified atom stereocenters. The van der Waals surface area contributed by atoms with Crippen molar-refractivity contribution in [2.75, 3.05) is 13.2 Å². The van der Waals surface area contributed by atoms with E-state index < -0.39 is 4.92 Å². The van der Waals surface area contributed by atoms with E-state index in [1.165, 1.54) is 17.0 Å². The zero-order valence-corrected chi connectivity index (χ0v) is 27.6. The molecule has 47 heavy (non-hydrogen) atoms. The second kappa shape index (κ2) is 14.5. The molecule has 242 valence electrons. The van der Waals surface area contributed by atoms with Crippen LogP contribution in [0.2, 0.25) is 5.02 Å². The van der Waals surface area contributed by atoms with Gasteiger partial charge in [-0.3, -0.25) is 14.9 Å². The van der Waals surface area contributed by atoms with Crippen molar-refractivity contribution in [3.05, 3.63) is 121 Å². The van der Waals surface area contributed by atoms with Gasteiger partial charge in [-0.25, -0.2) is 4.98 Å². The van der Waals surface area contributed by atoms with Crippen LogP contribution in [-0.2, 0) is 6.61 Å². The summed E-state index contributed by atoms with van der Waals surface area (Å²) >= 11 is 5.99. The summed E-state index contributed by atoms with van der Waals surface area (Å²) in [7, 11) is 0. The third-order valence-corrected chi connectivity index (χ3v) is 7.70. The van der Waals surface area contributed by atoms with Crippen molar-refractivity contribution in [2.45, 2.75) is 47.1 Å². The number of benzene rings is 4. The van der Waals surface area contributed by atoms with Crippen molar-refractivity contribution in [1.29, 1.82) is 0 Å². The third kappa shape index (κ3) is 7.28. The van der Waals surface area contributed by atoms with Gasteiger partial charge in [0.2, 0.25) is 5.75 Å². The summed E-state index contributed by atoms with van der Waals surface area (Å²) in [6, 6.07) is 20.9. The molecule has 5 rings (SSSR count). The van der Waals surface area contributed by atoms with E-state index in [4.69, 9.17) is 30.8 Å². The van der Waals surface area contributed by atoms with Gasteiger partial charge in [0, 0.05) is 22.2 Å². The Bertz CT molecular complexity index is 2020. The number of ether oxygens (including phenoxy) is 3. The Hall–Kier alpha value is -5.22. The Kier molecular flexibility index (Phi) is 10.2. The number of nitro groups is 1. The Morgan fingerprint density at radius 2 is 1.68 bits per heavy atom. The number of fused-ring (bicyclic) bond motifs is 1. The lowest BCUT2D eigenvalue weighted by Gasteiger charge is -2.18. The highest BCUT2D eigenvalue weighted by Gasteiger charge is 2.23. The smallest absolute Gasteiger partial charge is 0.315 e. The van der Waals surface area contributed by atoms with Crippen molar-refractivity contribution in [3.8, 4) is 28.6 Å². The molecule has 0 spiro atoms. The van der Waals surface area contributed by atoms with Gasteiger partial charge in [0.1, 0.15) is 12.4 Å². The van der Waals surface area contributed by atoms with Crippen LogP contribution < -0.4 is 19.8 Å². The molecule has 0 radical (unpaired) electrons. The molecule has 4 aromatic carbocycles. The molecular weight excluding hydrogens is 620 g/mol. The molecular formula is C36H35ClN4O6. The highest BCUT2D eigenvalue weighted by atomic mass is 35.5. The van der Waals surface area contributed by atoms with Gasteiger partial charge >= 0.3 is 5.69 Å². The quantitative estimate of drug-likeness (QED) is 0.0754. The van der Waals surface area contributed by atoms with Gasteiger partial charge in [0.25, 0.3) is 5.56 Å². The number of halogens is 1. The Balaban J connectivity index is 1.64. The average Bonchev–Trinajstić information content (AvgIpc) is 3.04. The van der Waals surface area contributed by atoms with Gasteiger partial charge in [0.15, 0.2) is 11.6 Å². The average molecular weight is 655 g/mol. The van der Waals surface area contributed by atoms with Gasteiger partial charge < -0.3 is 14.2 Å². The Morgan fingerprint density at radius 3 is 2.36 bits per heavy atom. The number of aromatic nitrogens is 2. The lowest BCUT2D eigenvalue weighted by molar-refractivity contribution is -0.386. The van der Waals surface area contributed by atoms with Crippen LogP contribution in [0.5, 0.6) is 17.2 Å². The number of hydrogen-bond acceptors (Lipinski definition) is 8. The van der Waals surface area contributed by atoms with Gasteiger partial charge in [-0.2, -0.15) is 9.78 Å². The van der Waals surface area contributed by atoms with Crippen LogP contribution in [0, 0.1) is 17.0 Å². The van der Waals surface area contributed by atoms with Crippen molar-refractivity contribution < 1.29 is 19.1 Å². The maximum atomic E-state index is 13.9. The minimum atomic E-state index is -0.539. The summed E-state index contributed by atoms with van der Waals surface area (Å²) in [6.45, 7) is 10.6. The fourth-order valence-corrected chi connectivity index (χ4v) is 5.29. The number of hydrogen-bond donors (Lipinski definition) is 0. The molecule has 10 nitrogen and oxygen atoms in total. The molecule has 1 aromatic heterocycles. The molecule has 0 saturated carbocycles. The largest absolute Gasteiger partial charge is 0.494 e. The molecule has 0 N–H and O–H groups in total. The summed E-state index contributed by atoms with van der Waals surface area (Å²) in [5.74, 6) is 1.40. The maximum absolute atomic E-state index is 13.9. The van der Waals surface area contributed by atoms with Crippen molar-refractivity contribution >= 4 is 34.4 Å². The van der Waals surface area contributed by atoms with Crippen molar-refractivity contribution in [3.63, 3.8) is 0 Å². The van der Waals surface area contributed by atoms with Gasteiger partial charge in [-0.15, -0.1) is 0 Å². The van der Waals surface area contributed by atoms with Crippen LogP contribution in [0.15, 0.2) is 82.7 Å². The molecule has 0 aliphatic rings. The normalized spacial score (nSPS) is 11.4. The number of nitro benzene ring substituents is 1. The van der Waals surface area contributed by atoms with Gasteiger partial charge in [-0.05, 0) is 85.8 Å². The van der Waals surface area contributed by atoms with Crippen molar-refractivity contribution in [2.24, 2.45) is 5.10 Å². The standard InChI is InChI=1S/C36H35ClN4O6/c1-6-45-32-16-23(5)29(19-28(32)22(3)4)35-39-30-11-9-8-10-27(30)36(42)40(35)38-20-25-17-31(41(43)44)34(33(18-25)46-7-2)47-21-24-12-14-26(37)15-13-24/h8-20,22H,6-7,21H2,1-5H3. The molecule has 0 aliphatic heterocycles. The van der Waals surface area contributed by atoms with E-state index in [0.717, 1.165) is 22.4 Å². The first kappa shape index (κ1) is 33.2. The number of nitrogens with zero attached hydrogens (tertiary/aromatic N) is 4. The van der Waals surface area contributed by atoms with E-state index in [1.54, 1.807) is 55.5 Å². The molecule has 0 amide bonds. The van der Waals surface area contributed by atoms with Crippen LogP contribution in [0.4, 0.5) is 5.69 Å². The summed E-state index contributed by atoms with van der Waals surface area (Å²) in [6.07, 6.45) is 1.38. The zero-order chi connectivity index (χ0) is 33.7. The number of rotatable bonds is 12. The second-order valence-electron chi connectivity index (χ2n) is 11.1. The first-order chi connectivity index (χ1) is 22.6. The topological polar surface area (TPSA) is 118 Å². The van der Waals surface area contributed by atoms with Crippen LogP contribution in [0.25, 0.3) is 22.3 Å². The van der Waals surface area contributed by atoms with E-state index in [1.807, 2.05) is 32.0 Å². The third-order valence-electron chi connectivity index (χ3n) is 7.45. The number of para-hydroxylation sites is 1. The maximum Gasteiger partial charge on any atom is 0.315 e. The van der Waals surface area contributed by atoms with Gasteiger partial charge in [0.05, 0.1) is 35.3 Å². The lowest BCUT2D eigenvalue weighted by Crippen LogP contribution is -2.21. The summed E-state index contributed by atoms with van der Waals surface area (Å²) in [5, 5.41) is 17.7. The fourth-order valence-electron chi connectivity index (χ4n) is 5.16. The Morgan fingerprint density at radius 1 is 0.979 bits per heavy atom. The fraction of sp³-hybridized carbons (Fsp3) is 0.250. The van der Waals surface area contributed by atoms with Crippen molar-refractivity contribution in [1.82, 2.24) is 9.66 Å². The molecule has 0 saturated heterocycles. The first-order valence-electron chi connectivity index (χ1n) is 15.3. The van der Waals surface area contributed by atoms with E-state index >= 15 is 0 Å². The molecule has 5 aromatic rings. The van der Waals surface area contributed by atoms with Crippen LogP contribution in [0.1, 0.15) is 55.9 Å². The van der Waals surface area contributed by atoms with E-state index in [-0.39, 0.29) is 41.9 Å². The molecule has 1 heterocycles. The molecule has 0 fully saturated rings. The van der Waals surface area contributed by atoms with Gasteiger partial charge in [-0.1, -0.05) is 49.7 Å². The molecule has 11 heteroatoms. The van der Waals surface area contributed by atoms with Crippen LogP contribution in [0.3, 0.4) is 0 Å². The number of aryl methyl sites for hydroxylation is 1. The van der Waals surface area contributed by atoms with E-state index in [2.05, 4.69) is 18.9 Å². The van der Waals surface area contributed by atoms with Crippen LogP contribution in [-0.4, -0.2) is 34.0 Å². The second-order valence-corrected chi connectivity index (χ2v) is 11.5. The minimum absolute atomic E-state index is 0.0135. The van der Waals surface area contributed by atoms with E-state index in [9.17, 15) is 14.9 Å². The van der Waals surface area contributed by atoms with E-state index in [0.29, 0.717) is 39.5 Å². The summed E-state index contributed by atoms with van der Waals surface area (Å²) in [5.41, 5.74) is 3.47. The summed E-state index contributed by atoms with van der Waals surface area (Å²) < 4.78 is 18.8. The zero-order valence-electron chi connectivity index (χ0n) is 26.8. The molecule has 0 aliphatic carbocycles. The SMILES string of the molecule is CCOc1cc(C)c(-c2nc3ccccc3c(=O)n2N=Cc2cc(OCC)c(OCc3ccc(Cl)cc3)c([N+](=O)[O-])c2)cc1C(C)C. The predicted octanol–water partition coefficient (Wildman–Crippen LogP) is 8.32. The predicted molar refractivity (Wildman–Crippen MR) is 184 cm³/mol. The first-order valence-corrected chi connectivity index (χ1v) is 15.6. The summed E-state index contributed by atoms with van der Waals surface area (Å²) in [4.78, 5) is 30.5. The van der Waals surface area contributed by atoms with Crippen LogP contribution >= 0.6 is 11.6 Å². The highest BCUT2D eigenvalue weighted by molar-refractivity contribution is 6.30. The monoisotopic (exact) mass is 654 g/mol. The Labute approximate surface area is 277 Å².